The highest BCUT2D eigenvalue weighted by atomic mass is 16.7. The van der Waals surface area contributed by atoms with Gasteiger partial charge in [-0.25, -0.2) is 0 Å². The van der Waals surface area contributed by atoms with Gasteiger partial charge in [0.05, 0.1) is 11.2 Å². The van der Waals surface area contributed by atoms with Crippen LogP contribution in [0.3, 0.4) is 0 Å². The molecule has 94 valence electrons. The molecule has 0 radical (unpaired) electrons. The second kappa shape index (κ2) is 3.59. The van der Waals surface area contributed by atoms with Gasteiger partial charge in [0.2, 0.25) is 0 Å². The minimum absolute atomic E-state index is 0.134. The Hall–Kier alpha value is -0.315. The molecule has 3 aliphatic rings. The van der Waals surface area contributed by atoms with Crippen molar-refractivity contribution in [1.82, 2.24) is 5.32 Å². The number of nitrogens with one attached hydrogen (secondary N) is 1. The Balaban J connectivity index is 1.79. The Morgan fingerprint density at radius 3 is 2.41 bits per heavy atom. The van der Waals surface area contributed by atoms with Crippen LogP contribution >= 0.6 is 0 Å². The normalized spacial score (nSPS) is 38.4. The van der Waals surface area contributed by atoms with Gasteiger partial charge in [0.25, 0.3) is 0 Å². The molecule has 0 aromatic carbocycles. The van der Waals surface area contributed by atoms with Gasteiger partial charge in [-0.05, 0) is 52.4 Å². The van der Waals surface area contributed by atoms with Crippen molar-refractivity contribution in [2.24, 2.45) is 0 Å². The fourth-order valence-electron chi connectivity index (χ4n) is 2.92. The molecule has 0 spiro atoms. The molecule has 0 amide bonds. The summed E-state index contributed by atoms with van der Waals surface area (Å²) in [6.07, 6.45) is 5.94. The smallest absolute Gasteiger partial charge is 0.400 e. The van der Waals surface area contributed by atoms with Gasteiger partial charge in [-0.15, -0.1) is 0 Å². The summed E-state index contributed by atoms with van der Waals surface area (Å²) in [7, 11) is -0.134. The molecule has 0 aromatic heterocycles. The third-order valence-corrected chi connectivity index (χ3v) is 4.73. The average molecular weight is 235 g/mol. The molecule has 4 heteroatoms. The number of hydrogen-bond donors (Lipinski definition) is 1. The van der Waals surface area contributed by atoms with Gasteiger partial charge in [0.15, 0.2) is 0 Å². The van der Waals surface area contributed by atoms with E-state index in [2.05, 4.69) is 39.1 Å². The van der Waals surface area contributed by atoms with Crippen LogP contribution in [0, 0.1) is 0 Å². The minimum atomic E-state index is -0.220. The lowest BCUT2D eigenvalue weighted by molar-refractivity contribution is 0.00578. The quantitative estimate of drug-likeness (QED) is 0.706. The van der Waals surface area contributed by atoms with E-state index in [-0.39, 0.29) is 18.3 Å². The van der Waals surface area contributed by atoms with Crippen molar-refractivity contribution in [1.29, 1.82) is 0 Å². The predicted molar refractivity (Wildman–Crippen MR) is 68.7 cm³/mol. The van der Waals surface area contributed by atoms with E-state index in [1.54, 1.807) is 0 Å². The Morgan fingerprint density at radius 1 is 1.18 bits per heavy atom. The van der Waals surface area contributed by atoms with E-state index < -0.39 is 0 Å². The van der Waals surface area contributed by atoms with Crippen LogP contribution in [0.15, 0.2) is 11.5 Å². The lowest BCUT2D eigenvalue weighted by Crippen LogP contribution is -2.41. The van der Waals surface area contributed by atoms with Gasteiger partial charge in [-0.1, -0.05) is 6.08 Å². The Bertz CT molecular complexity index is 348. The molecule has 3 aliphatic heterocycles. The maximum Gasteiger partial charge on any atom is 0.490 e. The summed E-state index contributed by atoms with van der Waals surface area (Å²) in [6.45, 7) is 8.46. The molecule has 3 nitrogen and oxygen atoms in total. The van der Waals surface area contributed by atoms with Crippen molar-refractivity contribution >= 4 is 7.12 Å². The highest BCUT2D eigenvalue weighted by molar-refractivity contribution is 6.54. The van der Waals surface area contributed by atoms with Crippen LogP contribution in [0.4, 0.5) is 0 Å². The number of rotatable bonds is 1. The van der Waals surface area contributed by atoms with E-state index in [4.69, 9.17) is 9.31 Å². The fraction of sp³-hybridized carbons (Fsp3) is 0.846. The van der Waals surface area contributed by atoms with E-state index in [9.17, 15) is 0 Å². The molecule has 2 fully saturated rings. The van der Waals surface area contributed by atoms with Crippen LogP contribution in [0.2, 0.25) is 0 Å². The largest absolute Gasteiger partial charge is 0.490 e. The molecule has 2 atom stereocenters. The van der Waals surface area contributed by atoms with Crippen molar-refractivity contribution in [3.63, 3.8) is 0 Å². The summed E-state index contributed by atoms with van der Waals surface area (Å²) < 4.78 is 12.2. The van der Waals surface area contributed by atoms with Crippen LogP contribution < -0.4 is 5.32 Å². The lowest BCUT2D eigenvalue weighted by atomic mass is 9.73. The highest BCUT2D eigenvalue weighted by Crippen LogP contribution is 2.40. The van der Waals surface area contributed by atoms with Crippen molar-refractivity contribution in [3.05, 3.63) is 11.5 Å². The maximum atomic E-state index is 6.11. The van der Waals surface area contributed by atoms with E-state index in [1.807, 2.05) is 0 Å². The summed E-state index contributed by atoms with van der Waals surface area (Å²) in [5, 5.41) is 3.60. The maximum absolute atomic E-state index is 6.11. The van der Waals surface area contributed by atoms with Crippen LogP contribution in [0.25, 0.3) is 0 Å². The Morgan fingerprint density at radius 2 is 1.82 bits per heavy atom. The highest BCUT2D eigenvalue weighted by Gasteiger charge is 2.53. The molecule has 0 aromatic rings. The van der Waals surface area contributed by atoms with E-state index in [1.165, 1.54) is 18.3 Å². The molecule has 1 unspecified atom stereocenters. The third kappa shape index (κ3) is 1.87. The fourth-order valence-corrected chi connectivity index (χ4v) is 2.92. The first-order chi connectivity index (χ1) is 7.87. The number of hydrogen-bond acceptors (Lipinski definition) is 3. The van der Waals surface area contributed by atoms with Gasteiger partial charge in [0, 0.05) is 12.1 Å². The molecule has 2 saturated heterocycles. The van der Waals surface area contributed by atoms with Crippen LogP contribution in [0.5, 0.6) is 0 Å². The zero-order valence-corrected chi connectivity index (χ0v) is 11.2. The second-order valence-corrected chi connectivity index (χ2v) is 6.58. The molecule has 3 heterocycles. The van der Waals surface area contributed by atoms with Crippen LogP contribution in [-0.2, 0) is 9.31 Å². The minimum Gasteiger partial charge on any atom is -0.400 e. The second-order valence-electron chi connectivity index (χ2n) is 6.58. The lowest BCUT2D eigenvalue weighted by Gasteiger charge is -2.32. The summed E-state index contributed by atoms with van der Waals surface area (Å²) in [6, 6.07) is 1.18. The summed E-state index contributed by atoms with van der Waals surface area (Å²) in [4.78, 5) is 0. The SMILES string of the molecule is CC1(C)OB(C2=C[C@H]3CCC(C2)N3)OC1(C)C. The van der Waals surface area contributed by atoms with Crippen LogP contribution in [0.1, 0.15) is 47.0 Å². The van der Waals surface area contributed by atoms with Gasteiger partial charge in [-0.2, -0.15) is 0 Å². The molecular weight excluding hydrogens is 213 g/mol. The van der Waals surface area contributed by atoms with Crippen molar-refractivity contribution in [2.45, 2.75) is 70.2 Å². The topological polar surface area (TPSA) is 30.5 Å². The van der Waals surface area contributed by atoms with Crippen molar-refractivity contribution in [2.75, 3.05) is 0 Å². The van der Waals surface area contributed by atoms with Gasteiger partial charge in [0.1, 0.15) is 0 Å². The molecule has 1 N–H and O–H groups in total. The van der Waals surface area contributed by atoms with Gasteiger partial charge >= 0.3 is 7.12 Å². The first kappa shape index (κ1) is 11.8. The monoisotopic (exact) mass is 235 g/mol. The van der Waals surface area contributed by atoms with Gasteiger partial charge < -0.3 is 14.6 Å². The Kier molecular flexibility index (Phi) is 2.48. The summed E-state index contributed by atoms with van der Waals surface area (Å²) >= 11 is 0. The van der Waals surface area contributed by atoms with Crippen molar-refractivity contribution in [3.8, 4) is 0 Å². The van der Waals surface area contributed by atoms with Crippen LogP contribution in [-0.4, -0.2) is 30.4 Å². The molecule has 17 heavy (non-hydrogen) atoms. The molecule has 2 bridgehead atoms. The third-order valence-electron chi connectivity index (χ3n) is 4.73. The average Bonchev–Trinajstić information content (AvgIpc) is 2.65. The van der Waals surface area contributed by atoms with E-state index in [0.717, 1.165) is 6.42 Å². The first-order valence-electron chi connectivity index (χ1n) is 6.70. The van der Waals surface area contributed by atoms with E-state index >= 15 is 0 Å². The standard InChI is InChI=1S/C13H22BNO2/c1-12(2)13(3,4)17-14(16-12)9-7-10-5-6-11(8-9)15-10/h7,10-11,15H,5-6,8H2,1-4H3/t10-,11?/m1/s1. The van der Waals surface area contributed by atoms with Crippen molar-refractivity contribution < 1.29 is 9.31 Å². The predicted octanol–water partition coefficient (Wildman–Crippen LogP) is 2.07. The van der Waals surface area contributed by atoms with Gasteiger partial charge in [-0.3, -0.25) is 0 Å². The zero-order chi connectivity index (χ0) is 12.3. The molecule has 0 saturated carbocycles. The summed E-state index contributed by atoms with van der Waals surface area (Å²) in [5.74, 6) is 0. The molecule has 0 aliphatic carbocycles. The molecule has 3 rings (SSSR count). The Labute approximate surface area is 104 Å². The number of fused-ring (bicyclic) bond motifs is 2. The zero-order valence-electron chi connectivity index (χ0n) is 11.2. The van der Waals surface area contributed by atoms with E-state index in [0.29, 0.717) is 12.1 Å². The first-order valence-corrected chi connectivity index (χ1v) is 6.70. The molecular formula is C13H22BNO2. The summed E-state index contributed by atoms with van der Waals surface area (Å²) in [5.41, 5.74) is 0.903.